The summed E-state index contributed by atoms with van der Waals surface area (Å²) >= 11 is 1.73. The van der Waals surface area contributed by atoms with E-state index in [2.05, 4.69) is 24.4 Å². The van der Waals surface area contributed by atoms with E-state index in [-0.39, 0.29) is 13.0 Å². The average molecular weight is 281 g/mol. The van der Waals surface area contributed by atoms with E-state index in [0.717, 1.165) is 6.54 Å². The first kappa shape index (κ1) is 15.5. The molecule has 1 aromatic heterocycles. The molecule has 0 bridgehead atoms. The van der Waals surface area contributed by atoms with Gasteiger partial charge in [0.2, 0.25) is 0 Å². The molecule has 0 saturated carbocycles. The first-order valence-electron chi connectivity index (χ1n) is 5.88. The van der Waals surface area contributed by atoms with Crippen molar-refractivity contribution in [1.29, 1.82) is 0 Å². The average Bonchev–Trinajstić information content (AvgIpc) is 2.67. The first-order valence-corrected chi connectivity index (χ1v) is 6.69. The SMILES string of the molecule is Cc1ccc(CNCCOCCCC(F)(F)F)s1. The van der Waals surface area contributed by atoms with Crippen molar-refractivity contribution < 1.29 is 17.9 Å². The topological polar surface area (TPSA) is 21.3 Å². The summed E-state index contributed by atoms with van der Waals surface area (Å²) in [6, 6.07) is 4.13. The van der Waals surface area contributed by atoms with E-state index in [9.17, 15) is 13.2 Å². The molecule has 0 aliphatic carbocycles. The van der Waals surface area contributed by atoms with Crippen molar-refractivity contribution in [2.45, 2.75) is 32.5 Å². The van der Waals surface area contributed by atoms with E-state index in [0.29, 0.717) is 13.2 Å². The number of nitrogens with one attached hydrogen (secondary N) is 1. The fourth-order valence-corrected chi connectivity index (χ4v) is 2.27. The molecule has 104 valence electrons. The number of ether oxygens (including phenoxy) is 1. The minimum Gasteiger partial charge on any atom is -0.380 e. The van der Waals surface area contributed by atoms with Gasteiger partial charge in [-0.2, -0.15) is 13.2 Å². The van der Waals surface area contributed by atoms with E-state index in [1.165, 1.54) is 9.75 Å². The summed E-state index contributed by atoms with van der Waals surface area (Å²) in [7, 11) is 0. The van der Waals surface area contributed by atoms with Crippen molar-refractivity contribution in [2.24, 2.45) is 0 Å². The van der Waals surface area contributed by atoms with Crippen molar-refractivity contribution in [2.75, 3.05) is 19.8 Å². The lowest BCUT2D eigenvalue weighted by atomic mass is 10.3. The molecule has 1 heterocycles. The highest BCUT2D eigenvalue weighted by molar-refractivity contribution is 7.11. The number of rotatable bonds is 8. The lowest BCUT2D eigenvalue weighted by molar-refractivity contribution is -0.137. The Morgan fingerprint density at radius 3 is 2.67 bits per heavy atom. The second-order valence-electron chi connectivity index (χ2n) is 4.02. The lowest BCUT2D eigenvalue weighted by Gasteiger charge is -2.07. The molecule has 0 aliphatic heterocycles. The smallest absolute Gasteiger partial charge is 0.380 e. The Bertz CT molecular complexity index is 338. The zero-order chi connectivity index (χ0) is 13.4. The highest BCUT2D eigenvalue weighted by Crippen LogP contribution is 2.20. The van der Waals surface area contributed by atoms with E-state index < -0.39 is 12.6 Å². The molecule has 0 atom stereocenters. The number of halogens is 3. The molecule has 0 aliphatic rings. The van der Waals surface area contributed by atoms with Gasteiger partial charge in [0.15, 0.2) is 0 Å². The Morgan fingerprint density at radius 1 is 1.28 bits per heavy atom. The minimum atomic E-state index is -4.07. The Labute approximate surface area is 109 Å². The van der Waals surface area contributed by atoms with Crippen molar-refractivity contribution in [3.05, 3.63) is 21.9 Å². The summed E-state index contributed by atoms with van der Waals surface area (Å²) in [5.41, 5.74) is 0. The van der Waals surface area contributed by atoms with Crippen LogP contribution in [0.15, 0.2) is 12.1 Å². The molecule has 18 heavy (non-hydrogen) atoms. The number of hydrogen-bond acceptors (Lipinski definition) is 3. The van der Waals surface area contributed by atoms with Crippen LogP contribution in [0.3, 0.4) is 0 Å². The molecule has 1 rings (SSSR count). The van der Waals surface area contributed by atoms with Gasteiger partial charge in [-0.25, -0.2) is 0 Å². The quantitative estimate of drug-likeness (QED) is 0.736. The van der Waals surface area contributed by atoms with Crippen LogP contribution >= 0.6 is 11.3 Å². The van der Waals surface area contributed by atoms with Crippen LogP contribution in [-0.2, 0) is 11.3 Å². The third-order valence-corrected chi connectivity index (χ3v) is 3.27. The van der Waals surface area contributed by atoms with Gasteiger partial charge in [0.1, 0.15) is 0 Å². The molecule has 1 aromatic rings. The second-order valence-corrected chi connectivity index (χ2v) is 5.39. The van der Waals surface area contributed by atoms with Gasteiger partial charge in [-0.1, -0.05) is 0 Å². The van der Waals surface area contributed by atoms with Crippen molar-refractivity contribution >= 4 is 11.3 Å². The van der Waals surface area contributed by atoms with E-state index in [1.807, 2.05) is 0 Å². The standard InChI is InChI=1S/C12H18F3NOS/c1-10-3-4-11(18-10)9-16-6-8-17-7-2-5-12(13,14)15/h3-4,16H,2,5-9H2,1H3. The molecule has 0 unspecified atom stereocenters. The van der Waals surface area contributed by atoms with Gasteiger partial charge in [-0.05, 0) is 25.5 Å². The molecule has 1 N–H and O–H groups in total. The second kappa shape index (κ2) is 7.76. The van der Waals surface area contributed by atoms with Crippen LogP contribution in [0.4, 0.5) is 13.2 Å². The fraction of sp³-hybridized carbons (Fsp3) is 0.667. The summed E-state index contributed by atoms with van der Waals surface area (Å²) in [5, 5.41) is 3.19. The van der Waals surface area contributed by atoms with Gasteiger partial charge in [0.05, 0.1) is 6.61 Å². The largest absolute Gasteiger partial charge is 0.389 e. The van der Waals surface area contributed by atoms with Crippen LogP contribution in [0.5, 0.6) is 0 Å². The highest BCUT2D eigenvalue weighted by Gasteiger charge is 2.25. The third-order valence-electron chi connectivity index (χ3n) is 2.27. The normalized spacial score (nSPS) is 12.0. The van der Waals surface area contributed by atoms with Crippen molar-refractivity contribution in [1.82, 2.24) is 5.32 Å². The molecule has 6 heteroatoms. The number of hydrogen-bond donors (Lipinski definition) is 1. The zero-order valence-corrected chi connectivity index (χ0v) is 11.2. The van der Waals surface area contributed by atoms with Gasteiger partial charge >= 0.3 is 6.18 Å². The molecule has 0 amide bonds. The summed E-state index contributed by atoms with van der Waals surface area (Å²) in [5.74, 6) is 0. The molecule has 0 saturated heterocycles. The monoisotopic (exact) mass is 281 g/mol. The minimum absolute atomic E-state index is 0.0353. The highest BCUT2D eigenvalue weighted by atomic mass is 32.1. The van der Waals surface area contributed by atoms with Gasteiger partial charge in [-0.15, -0.1) is 11.3 Å². The lowest BCUT2D eigenvalue weighted by Crippen LogP contribution is -2.19. The van der Waals surface area contributed by atoms with E-state index in [1.54, 1.807) is 11.3 Å². The molecular formula is C12H18F3NOS. The Morgan fingerprint density at radius 2 is 2.06 bits per heavy atom. The molecule has 0 aromatic carbocycles. The number of thiophene rings is 1. The van der Waals surface area contributed by atoms with E-state index >= 15 is 0 Å². The van der Waals surface area contributed by atoms with E-state index in [4.69, 9.17) is 4.74 Å². The van der Waals surface area contributed by atoms with Crippen molar-refractivity contribution in [3.63, 3.8) is 0 Å². The Kier molecular flexibility index (Phi) is 6.67. The summed E-state index contributed by atoms with van der Waals surface area (Å²) < 4.78 is 40.5. The Balaban J connectivity index is 1.90. The fourth-order valence-electron chi connectivity index (χ4n) is 1.41. The number of aryl methyl sites for hydroxylation is 1. The summed E-state index contributed by atoms with van der Waals surface area (Å²) in [6.07, 6.45) is -4.80. The molecule has 0 fully saturated rings. The van der Waals surface area contributed by atoms with Crippen molar-refractivity contribution in [3.8, 4) is 0 Å². The van der Waals surface area contributed by atoms with Crippen LogP contribution in [0.25, 0.3) is 0 Å². The van der Waals surface area contributed by atoms with Crippen LogP contribution in [0.1, 0.15) is 22.6 Å². The number of alkyl halides is 3. The maximum Gasteiger partial charge on any atom is 0.389 e. The van der Waals surface area contributed by atoms with Crippen LogP contribution in [-0.4, -0.2) is 25.9 Å². The maximum atomic E-state index is 11.8. The van der Waals surface area contributed by atoms with Gasteiger partial charge in [0, 0.05) is 35.9 Å². The van der Waals surface area contributed by atoms with Gasteiger partial charge in [-0.3, -0.25) is 0 Å². The van der Waals surface area contributed by atoms with Gasteiger partial charge < -0.3 is 10.1 Å². The molecule has 0 spiro atoms. The van der Waals surface area contributed by atoms with Crippen LogP contribution in [0.2, 0.25) is 0 Å². The summed E-state index contributed by atoms with van der Waals surface area (Å²) in [6.45, 7) is 4.10. The van der Waals surface area contributed by atoms with Gasteiger partial charge in [0.25, 0.3) is 0 Å². The van der Waals surface area contributed by atoms with Crippen LogP contribution < -0.4 is 5.32 Å². The maximum absolute atomic E-state index is 11.8. The predicted molar refractivity (Wildman–Crippen MR) is 66.9 cm³/mol. The molecule has 0 radical (unpaired) electrons. The Hall–Kier alpha value is -0.590. The first-order chi connectivity index (χ1) is 8.47. The van der Waals surface area contributed by atoms with Crippen LogP contribution in [0, 0.1) is 6.92 Å². The summed E-state index contributed by atoms with van der Waals surface area (Å²) in [4.78, 5) is 2.53. The molecular weight excluding hydrogens is 263 g/mol. The molecule has 2 nitrogen and oxygen atoms in total. The third kappa shape index (κ3) is 7.68. The zero-order valence-electron chi connectivity index (χ0n) is 10.3. The predicted octanol–water partition coefficient (Wildman–Crippen LogP) is 3.51.